The summed E-state index contributed by atoms with van der Waals surface area (Å²) in [6, 6.07) is 13.2. The van der Waals surface area contributed by atoms with Crippen molar-refractivity contribution < 1.29 is 4.74 Å². The van der Waals surface area contributed by atoms with Crippen molar-refractivity contribution >= 4 is 31.9 Å². The van der Waals surface area contributed by atoms with Crippen molar-refractivity contribution in [3.63, 3.8) is 0 Å². The van der Waals surface area contributed by atoms with Crippen molar-refractivity contribution in [2.75, 3.05) is 11.9 Å². The first-order chi connectivity index (χ1) is 10.2. The van der Waals surface area contributed by atoms with E-state index in [1.54, 1.807) is 0 Å². The Morgan fingerprint density at radius 2 is 1.95 bits per heavy atom. The third-order valence-electron chi connectivity index (χ3n) is 4.03. The minimum Gasteiger partial charge on any atom is -0.493 e. The molecule has 110 valence electrons. The van der Waals surface area contributed by atoms with Crippen LogP contribution in [0.15, 0.2) is 40.9 Å². The molecule has 21 heavy (non-hydrogen) atoms. The fourth-order valence-corrected chi connectivity index (χ4v) is 4.02. The van der Waals surface area contributed by atoms with Crippen LogP contribution in [0.5, 0.6) is 5.75 Å². The number of hydrogen-bond acceptors (Lipinski definition) is 1. The van der Waals surface area contributed by atoms with Gasteiger partial charge >= 0.3 is 0 Å². The monoisotopic (exact) mass is 408 g/mol. The summed E-state index contributed by atoms with van der Waals surface area (Å²) in [7, 11) is 0. The Kier molecular flexibility index (Phi) is 4.70. The average Bonchev–Trinajstić information content (AvgIpc) is 2.94. The second-order valence-corrected chi connectivity index (χ2v) is 7.18. The lowest BCUT2D eigenvalue weighted by Gasteiger charge is -2.17. The molecule has 0 bridgehead atoms. The Balaban J connectivity index is 1.89. The number of halogens is 2. The molecule has 3 heteroatoms. The van der Waals surface area contributed by atoms with Gasteiger partial charge in [-0.25, -0.2) is 0 Å². The molecular weight excluding hydrogens is 392 g/mol. The van der Waals surface area contributed by atoms with Crippen molar-refractivity contribution in [2.24, 2.45) is 0 Å². The number of benzene rings is 2. The van der Waals surface area contributed by atoms with Gasteiger partial charge in [-0.05, 0) is 48.1 Å². The van der Waals surface area contributed by atoms with E-state index >= 15 is 0 Å². The van der Waals surface area contributed by atoms with Crippen LogP contribution in [-0.4, -0.2) is 11.9 Å². The van der Waals surface area contributed by atoms with Crippen LogP contribution in [0.4, 0.5) is 0 Å². The molecule has 1 unspecified atom stereocenters. The molecule has 1 aliphatic rings. The van der Waals surface area contributed by atoms with Gasteiger partial charge in [0.05, 0.1) is 6.61 Å². The zero-order chi connectivity index (χ0) is 14.8. The molecule has 1 nitrogen and oxygen atoms in total. The van der Waals surface area contributed by atoms with Gasteiger partial charge in [0, 0.05) is 16.2 Å². The molecule has 0 saturated heterocycles. The first-order valence-electron chi connectivity index (χ1n) is 7.24. The molecule has 0 aromatic heterocycles. The molecule has 2 aromatic rings. The van der Waals surface area contributed by atoms with Crippen molar-refractivity contribution in [3.8, 4) is 5.75 Å². The van der Waals surface area contributed by atoms with E-state index in [1.165, 1.54) is 22.3 Å². The highest BCUT2D eigenvalue weighted by Gasteiger charge is 2.20. The third kappa shape index (κ3) is 3.35. The van der Waals surface area contributed by atoms with E-state index in [0.717, 1.165) is 35.0 Å². The molecule has 0 fully saturated rings. The molecule has 1 heterocycles. The van der Waals surface area contributed by atoms with E-state index in [0.29, 0.717) is 5.92 Å². The molecule has 2 aromatic carbocycles. The fourth-order valence-electron chi connectivity index (χ4n) is 2.86. The average molecular weight is 410 g/mol. The lowest BCUT2D eigenvalue weighted by molar-refractivity contribution is 0.353. The Hall–Kier alpha value is -0.800. The highest BCUT2D eigenvalue weighted by atomic mass is 79.9. The summed E-state index contributed by atoms with van der Waals surface area (Å²) < 4.78 is 7.00. The van der Waals surface area contributed by atoms with Crippen LogP contribution >= 0.6 is 31.9 Å². The van der Waals surface area contributed by atoms with E-state index < -0.39 is 0 Å². The maximum atomic E-state index is 5.85. The van der Waals surface area contributed by atoms with E-state index in [4.69, 9.17) is 4.74 Å². The van der Waals surface area contributed by atoms with E-state index in [-0.39, 0.29) is 0 Å². The topological polar surface area (TPSA) is 9.23 Å². The highest BCUT2D eigenvalue weighted by Crippen LogP contribution is 2.36. The molecule has 0 radical (unpaired) electrons. The molecule has 0 N–H and O–H groups in total. The van der Waals surface area contributed by atoms with Gasteiger partial charge < -0.3 is 4.74 Å². The lowest BCUT2D eigenvalue weighted by Crippen LogP contribution is -2.06. The standard InChI is InChI=1S/C18H18Br2O/c1-12-2-4-13(5-3-12)16(11-19)8-15-10-17(20)9-14-6-7-21-18(14)15/h2-5,9-10,16H,6-8,11H2,1H3. The number of ether oxygens (including phenoxy) is 1. The summed E-state index contributed by atoms with van der Waals surface area (Å²) in [5.41, 5.74) is 5.32. The predicted molar refractivity (Wildman–Crippen MR) is 94.8 cm³/mol. The van der Waals surface area contributed by atoms with E-state index in [1.807, 2.05) is 0 Å². The lowest BCUT2D eigenvalue weighted by atomic mass is 9.92. The van der Waals surface area contributed by atoms with Gasteiger partial charge in [-0.1, -0.05) is 61.7 Å². The minimum absolute atomic E-state index is 0.466. The number of alkyl halides is 1. The quantitative estimate of drug-likeness (QED) is 0.613. The van der Waals surface area contributed by atoms with Gasteiger partial charge in [-0.3, -0.25) is 0 Å². The van der Waals surface area contributed by atoms with Crippen LogP contribution in [-0.2, 0) is 12.8 Å². The predicted octanol–water partition coefficient (Wildman–Crippen LogP) is 5.41. The maximum Gasteiger partial charge on any atom is 0.125 e. The molecule has 1 atom stereocenters. The fraction of sp³-hybridized carbons (Fsp3) is 0.333. The van der Waals surface area contributed by atoms with Crippen molar-refractivity contribution in [1.82, 2.24) is 0 Å². The number of aryl methyl sites for hydroxylation is 1. The summed E-state index contributed by atoms with van der Waals surface area (Å²) in [5, 5.41) is 0.956. The SMILES string of the molecule is Cc1ccc(C(CBr)Cc2cc(Br)cc3c2OCC3)cc1. The van der Waals surface area contributed by atoms with Crippen LogP contribution in [0.3, 0.4) is 0 Å². The summed E-state index contributed by atoms with van der Waals surface area (Å²) in [5.74, 6) is 1.57. The summed E-state index contributed by atoms with van der Waals surface area (Å²) in [6.45, 7) is 2.93. The molecule has 0 amide bonds. The van der Waals surface area contributed by atoms with Gasteiger partial charge in [-0.15, -0.1) is 0 Å². The molecule has 0 aliphatic carbocycles. The summed E-state index contributed by atoms with van der Waals surface area (Å²) in [4.78, 5) is 0. The number of fused-ring (bicyclic) bond motifs is 1. The van der Waals surface area contributed by atoms with Gasteiger partial charge in [0.25, 0.3) is 0 Å². The molecular formula is C18H18Br2O. The Morgan fingerprint density at radius 3 is 2.67 bits per heavy atom. The van der Waals surface area contributed by atoms with Crippen LogP contribution in [0.25, 0.3) is 0 Å². The zero-order valence-electron chi connectivity index (χ0n) is 12.0. The first-order valence-corrected chi connectivity index (χ1v) is 9.15. The Morgan fingerprint density at radius 1 is 1.19 bits per heavy atom. The van der Waals surface area contributed by atoms with Crippen LogP contribution < -0.4 is 4.74 Å². The number of rotatable bonds is 4. The van der Waals surface area contributed by atoms with Gasteiger partial charge in [0.15, 0.2) is 0 Å². The second kappa shape index (κ2) is 6.53. The smallest absolute Gasteiger partial charge is 0.125 e. The van der Waals surface area contributed by atoms with Crippen LogP contribution in [0.2, 0.25) is 0 Å². The second-order valence-electron chi connectivity index (χ2n) is 5.62. The molecule has 1 aliphatic heterocycles. The van der Waals surface area contributed by atoms with Crippen molar-refractivity contribution in [3.05, 3.63) is 63.1 Å². The number of hydrogen-bond donors (Lipinski definition) is 0. The van der Waals surface area contributed by atoms with E-state index in [2.05, 4.69) is 75.2 Å². The zero-order valence-corrected chi connectivity index (χ0v) is 15.2. The minimum atomic E-state index is 0.466. The van der Waals surface area contributed by atoms with Gasteiger partial charge in [-0.2, -0.15) is 0 Å². The van der Waals surface area contributed by atoms with Crippen molar-refractivity contribution in [2.45, 2.75) is 25.7 Å². The highest BCUT2D eigenvalue weighted by molar-refractivity contribution is 9.10. The Labute approximate surface area is 143 Å². The van der Waals surface area contributed by atoms with Gasteiger partial charge in [0.2, 0.25) is 0 Å². The van der Waals surface area contributed by atoms with E-state index in [9.17, 15) is 0 Å². The molecule has 0 saturated carbocycles. The normalized spacial score (nSPS) is 14.6. The van der Waals surface area contributed by atoms with Crippen molar-refractivity contribution in [1.29, 1.82) is 0 Å². The maximum absolute atomic E-state index is 5.85. The van der Waals surface area contributed by atoms with Crippen LogP contribution in [0, 0.1) is 6.92 Å². The van der Waals surface area contributed by atoms with Gasteiger partial charge in [0.1, 0.15) is 5.75 Å². The molecule has 0 spiro atoms. The Bertz CT molecular complexity index is 634. The first kappa shape index (κ1) is 15.1. The molecule has 3 rings (SSSR count). The summed E-state index contributed by atoms with van der Waals surface area (Å²) in [6.07, 6.45) is 2.02. The van der Waals surface area contributed by atoms with Crippen LogP contribution in [0.1, 0.15) is 28.2 Å². The largest absolute Gasteiger partial charge is 0.493 e. The summed E-state index contributed by atoms with van der Waals surface area (Å²) >= 11 is 7.30. The third-order valence-corrected chi connectivity index (χ3v) is 5.27.